The second-order valence-corrected chi connectivity index (χ2v) is 5.22. The van der Waals surface area contributed by atoms with Gasteiger partial charge in [0.1, 0.15) is 10.8 Å². The Kier molecular flexibility index (Phi) is 4.52. The summed E-state index contributed by atoms with van der Waals surface area (Å²) in [5, 5.41) is 0. The Hall–Kier alpha value is -2.02. The fourth-order valence-electron chi connectivity index (χ4n) is 2.29. The van der Waals surface area contributed by atoms with Crippen molar-refractivity contribution in [2.75, 3.05) is 19.6 Å². The van der Waals surface area contributed by atoms with Gasteiger partial charge in [0.2, 0.25) is 0 Å². The van der Waals surface area contributed by atoms with Crippen LogP contribution in [0.3, 0.4) is 0 Å². The van der Waals surface area contributed by atoms with Crippen LogP contribution in [0, 0.1) is 5.82 Å². The number of nitrogens with zero attached hydrogens (tertiary/aromatic N) is 2. The first-order chi connectivity index (χ1) is 9.93. The van der Waals surface area contributed by atoms with Crippen molar-refractivity contribution in [1.29, 1.82) is 0 Å². The average Bonchev–Trinajstić information content (AvgIpc) is 2.45. The third-order valence-electron chi connectivity index (χ3n) is 3.48. The lowest BCUT2D eigenvalue weighted by atomic mass is 10.1. The van der Waals surface area contributed by atoms with Crippen LogP contribution >= 0.6 is 12.2 Å². The molecule has 1 saturated heterocycles. The van der Waals surface area contributed by atoms with Gasteiger partial charge in [0, 0.05) is 31.7 Å². The van der Waals surface area contributed by atoms with E-state index in [0.717, 1.165) is 0 Å². The third-order valence-corrected chi connectivity index (χ3v) is 3.70. The molecule has 0 aliphatic carbocycles. The van der Waals surface area contributed by atoms with Gasteiger partial charge in [0.05, 0.1) is 0 Å². The smallest absolute Gasteiger partial charge is 0.312 e. The lowest BCUT2D eigenvalue weighted by molar-refractivity contribution is -0.156. The number of rotatable bonds is 4. The van der Waals surface area contributed by atoms with Crippen LogP contribution in [0.1, 0.15) is 18.1 Å². The number of benzene rings is 1. The summed E-state index contributed by atoms with van der Waals surface area (Å²) in [5.41, 5.74) is 6.61. The number of carbonyl (C=O) groups excluding carboxylic acids is 2. The van der Waals surface area contributed by atoms with Gasteiger partial charge in [-0.2, -0.15) is 0 Å². The van der Waals surface area contributed by atoms with Gasteiger partial charge in [0.15, 0.2) is 0 Å². The standard InChI is InChI=1S/C14H16FN3O2S/c1-2-17-5-6-18(14(20)13(17)19)8-9-3-4-10(15)7-11(9)12(16)21/h3-4,7H,2,5-6,8H2,1H3,(H2,16,21). The maximum atomic E-state index is 13.3. The van der Waals surface area contributed by atoms with E-state index in [0.29, 0.717) is 30.8 Å². The van der Waals surface area contributed by atoms with E-state index in [1.807, 2.05) is 6.92 Å². The molecule has 0 aromatic heterocycles. The summed E-state index contributed by atoms with van der Waals surface area (Å²) in [6.45, 7) is 3.45. The SMILES string of the molecule is CCN1CCN(Cc2ccc(F)cc2C(N)=S)C(=O)C1=O. The second kappa shape index (κ2) is 6.17. The highest BCUT2D eigenvalue weighted by atomic mass is 32.1. The number of amides is 2. The van der Waals surface area contributed by atoms with E-state index in [2.05, 4.69) is 0 Å². The summed E-state index contributed by atoms with van der Waals surface area (Å²) in [5.74, 6) is -1.51. The van der Waals surface area contributed by atoms with E-state index in [4.69, 9.17) is 18.0 Å². The summed E-state index contributed by atoms with van der Waals surface area (Å²) < 4.78 is 13.3. The van der Waals surface area contributed by atoms with E-state index in [1.165, 1.54) is 28.0 Å². The molecule has 112 valence electrons. The fraction of sp³-hybridized carbons (Fsp3) is 0.357. The number of halogens is 1. The molecule has 1 aliphatic heterocycles. The Bertz CT molecular complexity index is 606. The Morgan fingerprint density at radius 3 is 2.52 bits per heavy atom. The van der Waals surface area contributed by atoms with E-state index in [9.17, 15) is 14.0 Å². The number of hydrogen-bond acceptors (Lipinski definition) is 3. The molecule has 0 bridgehead atoms. The van der Waals surface area contributed by atoms with Crippen molar-refractivity contribution in [2.24, 2.45) is 5.73 Å². The first-order valence-corrected chi connectivity index (χ1v) is 7.01. The van der Waals surface area contributed by atoms with Crippen LogP contribution in [0.4, 0.5) is 4.39 Å². The van der Waals surface area contributed by atoms with Crippen molar-refractivity contribution < 1.29 is 14.0 Å². The topological polar surface area (TPSA) is 66.6 Å². The lowest BCUT2D eigenvalue weighted by Crippen LogP contribution is -2.53. The van der Waals surface area contributed by atoms with Crippen LogP contribution in [0.15, 0.2) is 18.2 Å². The van der Waals surface area contributed by atoms with E-state index >= 15 is 0 Å². The molecule has 2 amide bonds. The molecule has 0 atom stereocenters. The Labute approximate surface area is 127 Å². The van der Waals surface area contributed by atoms with Gasteiger partial charge in [-0.1, -0.05) is 18.3 Å². The first kappa shape index (κ1) is 15.4. The van der Waals surface area contributed by atoms with Crippen LogP contribution in [0.5, 0.6) is 0 Å². The van der Waals surface area contributed by atoms with Crippen molar-refractivity contribution in [1.82, 2.24) is 9.80 Å². The van der Waals surface area contributed by atoms with Gasteiger partial charge in [-0.15, -0.1) is 0 Å². The highest BCUT2D eigenvalue weighted by Gasteiger charge is 2.31. The largest absolute Gasteiger partial charge is 0.389 e. The summed E-state index contributed by atoms with van der Waals surface area (Å²) in [6.07, 6.45) is 0. The molecule has 2 rings (SSSR count). The number of thiocarbonyl (C=S) groups is 1. The average molecular weight is 309 g/mol. The van der Waals surface area contributed by atoms with Gasteiger partial charge in [-0.3, -0.25) is 9.59 Å². The second-order valence-electron chi connectivity index (χ2n) is 4.78. The van der Waals surface area contributed by atoms with Gasteiger partial charge in [-0.25, -0.2) is 4.39 Å². The molecular weight excluding hydrogens is 293 g/mol. The molecule has 1 aromatic rings. The predicted molar refractivity (Wildman–Crippen MR) is 80.0 cm³/mol. The van der Waals surface area contributed by atoms with Crippen molar-refractivity contribution in [3.63, 3.8) is 0 Å². The van der Waals surface area contributed by atoms with Gasteiger partial charge < -0.3 is 15.5 Å². The normalized spacial score (nSPS) is 15.5. The van der Waals surface area contributed by atoms with Crippen LogP contribution < -0.4 is 5.73 Å². The molecule has 1 aromatic carbocycles. The number of carbonyl (C=O) groups is 2. The van der Waals surface area contributed by atoms with Crippen molar-refractivity contribution in [3.8, 4) is 0 Å². The third kappa shape index (κ3) is 3.18. The number of hydrogen-bond donors (Lipinski definition) is 1. The molecule has 1 fully saturated rings. The van der Waals surface area contributed by atoms with E-state index in [1.54, 1.807) is 0 Å². The number of likely N-dealkylation sites (N-methyl/N-ethyl adjacent to an activating group) is 1. The quantitative estimate of drug-likeness (QED) is 0.655. The van der Waals surface area contributed by atoms with Crippen LogP contribution in [0.2, 0.25) is 0 Å². The highest BCUT2D eigenvalue weighted by Crippen LogP contribution is 2.16. The fourth-order valence-corrected chi connectivity index (χ4v) is 2.48. The lowest BCUT2D eigenvalue weighted by Gasteiger charge is -2.33. The molecule has 7 heteroatoms. The Morgan fingerprint density at radius 1 is 1.29 bits per heavy atom. The van der Waals surface area contributed by atoms with Gasteiger partial charge in [0.25, 0.3) is 0 Å². The summed E-state index contributed by atoms with van der Waals surface area (Å²) in [7, 11) is 0. The van der Waals surface area contributed by atoms with Gasteiger partial charge >= 0.3 is 11.8 Å². The minimum absolute atomic E-state index is 0.0652. The zero-order chi connectivity index (χ0) is 15.6. The Morgan fingerprint density at radius 2 is 1.90 bits per heavy atom. The maximum Gasteiger partial charge on any atom is 0.312 e. The molecule has 0 spiro atoms. The summed E-state index contributed by atoms with van der Waals surface area (Å²) in [6, 6.07) is 4.06. The zero-order valence-electron chi connectivity index (χ0n) is 11.6. The number of nitrogens with two attached hydrogens (primary N) is 1. The van der Waals surface area contributed by atoms with Crippen molar-refractivity contribution in [2.45, 2.75) is 13.5 Å². The first-order valence-electron chi connectivity index (χ1n) is 6.60. The van der Waals surface area contributed by atoms with Crippen LogP contribution in [-0.2, 0) is 16.1 Å². The Balaban J connectivity index is 2.21. The van der Waals surface area contributed by atoms with Crippen LogP contribution in [0.25, 0.3) is 0 Å². The van der Waals surface area contributed by atoms with Gasteiger partial charge in [-0.05, 0) is 24.6 Å². The molecule has 0 unspecified atom stereocenters. The van der Waals surface area contributed by atoms with E-state index < -0.39 is 17.6 Å². The predicted octanol–water partition coefficient (Wildman–Crippen LogP) is 0.651. The summed E-state index contributed by atoms with van der Waals surface area (Å²) in [4.78, 5) is 26.9. The number of piperazine rings is 1. The summed E-state index contributed by atoms with van der Waals surface area (Å²) >= 11 is 4.90. The zero-order valence-corrected chi connectivity index (χ0v) is 12.5. The monoisotopic (exact) mass is 309 g/mol. The molecule has 21 heavy (non-hydrogen) atoms. The minimum atomic E-state index is -0.554. The van der Waals surface area contributed by atoms with E-state index in [-0.39, 0.29) is 11.5 Å². The minimum Gasteiger partial charge on any atom is -0.389 e. The molecular formula is C14H16FN3O2S. The highest BCUT2D eigenvalue weighted by molar-refractivity contribution is 7.80. The molecule has 2 N–H and O–H groups in total. The molecule has 1 heterocycles. The van der Waals surface area contributed by atoms with Crippen molar-refractivity contribution in [3.05, 3.63) is 35.1 Å². The molecule has 0 saturated carbocycles. The maximum absolute atomic E-state index is 13.3. The van der Waals surface area contributed by atoms with Crippen molar-refractivity contribution >= 4 is 29.0 Å². The van der Waals surface area contributed by atoms with Crippen LogP contribution in [-0.4, -0.2) is 46.2 Å². The molecule has 1 aliphatic rings. The molecule has 0 radical (unpaired) electrons. The molecule has 5 nitrogen and oxygen atoms in total.